The van der Waals surface area contributed by atoms with E-state index in [4.69, 9.17) is 0 Å². The molecule has 1 amide bonds. The summed E-state index contributed by atoms with van der Waals surface area (Å²) in [5.74, 6) is -0.397. The van der Waals surface area contributed by atoms with E-state index >= 15 is 0 Å². The molecule has 0 aliphatic carbocycles. The number of likely N-dealkylation sites (tertiary alicyclic amines) is 1. The van der Waals surface area contributed by atoms with Gasteiger partial charge in [0.15, 0.2) is 6.10 Å². The van der Waals surface area contributed by atoms with E-state index in [1.54, 1.807) is 29.2 Å². The first-order chi connectivity index (χ1) is 14.8. The second kappa shape index (κ2) is 8.39. The molecule has 11 heteroatoms. The topological polar surface area (TPSA) is 84.1 Å². The minimum Gasteiger partial charge on any atom is -0.378 e. The van der Waals surface area contributed by atoms with E-state index in [1.807, 2.05) is 6.92 Å². The van der Waals surface area contributed by atoms with Gasteiger partial charge in [0.2, 0.25) is 0 Å². The summed E-state index contributed by atoms with van der Waals surface area (Å²) in [6.45, 7) is 2.28. The van der Waals surface area contributed by atoms with Crippen LogP contribution in [0.15, 0.2) is 42.0 Å². The number of alkyl halides is 3. The maximum absolute atomic E-state index is 13.4. The Labute approximate surface area is 180 Å². The molecule has 3 aromatic rings. The Kier molecular flexibility index (Phi) is 5.80. The van der Waals surface area contributed by atoms with Gasteiger partial charge in [-0.3, -0.25) is 4.79 Å². The minimum absolute atomic E-state index is 0.0393. The summed E-state index contributed by atoms with van der Waals surface area (Å²) < 4.78 is 38.4. The number of carbonyl (C=O) groups is 1. The summed E-state index contributed by atoms with van der Waals surface area (Å²) in [6, 6.07) is 6.98. The van der Waals surface area contributed by atoms with Gasteiger partial charge in [-0.1, -0.05) is 12.1 Å². The van der Waals surface area contributed by atoms with Crippen LogP contribution in [0.4, 0.5) is 13.2 Å². The lowest BCUT2D eigenvalue weighted by molar-refractivity contribution is -0.207. The van der Waals surface area contributed by atoms with E-state index in [-0.39, 0.29) is 17.9 Å². The number of benzene rings is 1. The van der Waals surface area contributed by atoms with E-state index < -0.39 is 18.0 Å². The van der Waals surface area contributed by atoms with Crippen LogP contribution < -0.4 is 0 Å². The van der Waals surface area contributed by atoms with Crippen molar-refractivity contribution in [3.8, 4) is 5.69 Å². The largest absolute Gasteiger partial charge is 0.420 e. The smallest absolute Gasteiger partial charge is 0.378 e. The predicted molar refractivity (Wildman–Crippen MR) is 107 cm³/mol. The second-order valence-corrected chi connectivity index (χ2v) is 8.36. The van der Waals surface area contributed by atoms with Crippen molar-refractivity contribution in [2.24, 2.45) is 0 Å². The number of aliphatic hydroxyl groups is 1. The van der Waals surface area contributed by atoms with Crippen molar-refractivity contribution in [2.75, 3.05) is 6.54 Å². The molecule has 7 nitrogen and oxygen atoms in total. The fourth-order valence-electron chi connectivity index (χ4n) is 3.70. The first kappa shape index (κ1) is 21.4. The first-order valence-corrected chi connectivity index (χ1v) is 10.6. The molecule has 1 N–H and O–H groups in total. The van der Waals surface area contributed by atoms with Gasteiger partial charge in [-0.05, 0) is 31.9 Å². The number of hydrogen-bond acceptors (Lipinski definition) is 6. The molecule has 1 saturated heterocycles. The number of halogens is 3. The zero-order chi connectivity index (χ0) is 22.2. The van der Waals surface area contributed by atoms with Crippen LogP contribution in [0.1, 0.15) is 52.8 Å². The molecule has 3 atom stereocenters. The lowest BCUT2D eigenvalue weighted by Crippen LogP contribution is -2.45. The Morgan fingerprint density at radius 3 is 2.65 bits per heavy atom. The second-order valence-electron chi connectivity index (χ2n) is 7.47. The van der Waals surface area contributed by atoms with Crippen molar-refractivity contribution in [1.29, 1.82) is 0 Å². The van der Waals surface area contributed by atoms with Gasteiger partial charge < -0.3 is 10.0 Å². The van der Waals surface area contributed by atoms with Gasteiger partial charge in [0, 0.05) is 23.9 Å². The summed E-state index contributed by atoms with van der Waals surface area (Å²) >= 11 is 1.08. The Morgan fingerprint density at radius 2 is 1.94 bits per heavy atom. The number of nitrogens with zero attached hydrogens (tertiary/aromatic N) is 5. The summed E-state index contributed by atoms with van der Waals surface area (Å²) in [7, 11) is 0. The Hall–Kier alpha value is -2.79. The van der Waals surface area contributed by atoms with Gasteiger partial charge in [-0.25, -0.2) is 4.98 Å². The highest BCUT2D eigenvalue weighted by molar-refractivity contribution is 7.09. The Morgan fingerprint density at radius 1 is 1.23 bits per heavy atom. The average molecular weight is 451 g/mol. The number of carbonyl (C=O) groups excluding carboxylic acids is 1. The van der Waals surface area contributed by atoms with E-state index in [0.29, 0.717) is 35.6 Å². The van der Waals surface area contributed by atoms with Crippen molar-refractivity contribution >= 4 is 17.2 Å². The van der Waals surface area contributed by atoms with E-state index in [9.17, 15) is 23.1 Å². The fraction of sp³-hybridized carbons (Fsp3) is 0.400. The Bertz CT molecular complexity index is 1050. The molecule has 3 heterocycles. The molecule has 1 aliphatic heterocycles. The zero-order valence-electron chi connectivity index (χ0n) is 16.5. The van der Waals surface area contributed by atoms with E-state index in [0.717, 1.165) is 11.3 Å². The number of hydrogen-bond donors (Lipinski definition) is 1. The first-order valence-electron chi connectivity index (χ1n) is 9.72. The summed E-state index contributed by atoms with van der Waals surface area (Å²) in [6.07, 6.45) is -2.94. The van der Waals surface area contributed by atoms with Crippen LogP contribution >= 0.6 is 11.3 Å². The molecule has 0 radical (unpaired) electrons. The van der Waals surface area contributed by atoms with Crippen molar-refractivity contribution in [3.63, 3.8) is 0 Å². The molecular formula is C20H20F3N5O2S. The molecule has 1 unspecified atom stereocenters. The number of thiazole rings is 1. The summed E-state index contributed by atoms with van der Waals surface area (Å²) in [5.41, 5.74) is 0.592. The molecule has 164 valence electrons. The summed E-state index contributed by atoms with van der Waals surface area (Å²) in [5, 5.41) is 19.4. The number of amides is 1. The summed E-state index contributed by atoms with van der Waals surface area (Å²) in [4.78, 5) is 20.5. The number of aromatic nitrogens is 4. The SMILES string of the molecule is C[C@@H]1CC[C@@H](c2nc(C(O)C(F)(F)F)cs2)CN1C(=O)c1ccccc1-n1nccn1. The normalized spacial score (nSPS) is 20.6. The van der Waals surface area contributed by atoms with Crippen LogP contribution in [0.2, 0.25) is 0 Å². The highest BCUT2D eigenvalue weighted by Crippen LogP contribution is 2.37. The number of rotatable bonds is 4. The maximum atomic E-state index is 13.4. The Balaban J connectivity index is 1.57. The molecule has 1 aliphatic rings. The van der Waals surface area contributed by atoms with Crippen LogP contribution in [-0.4, -0.2) is 54.7 Å². The molecule has 0 bridgehead atoms. The van der Waals surface area contributed by atoms with Gasteiger partial charge in [-0.2, -0.15) is 28.2 Å². The zero-order valence-corrected chi connectivity index (χ0v) is 17.3. The van der Waals surface area contributed by atoms with Gasteiger partial charge in [0.1, 0.15) is 0 Å². The van der Waals surface area contributed by atoms with Crippen LogP contribution in [0.25, 0.3) is 5.69 Å². The van der Waals surface area contributed by atoms with Crippen LogP contribution in [0, 0.1) is 0 Å². The lowest BCUT2D eigenvalue weighted by Gasteiger charge is -2.37. The van der Waals surface area contributed by atoms with Crippen LogP contribution in [0.5, 0.6) is 0 Å². The highest BCUT2D eigenvalue weighted by Gasteiger charge is 2.41. The monoisotopic (exact) mass is 451 g/mol. The lowest BCUT2D eigenvalue weighted by atomic mass is 9.93. The molecule has 4 rings (SSSR count). The van der Waals surface area contributed by atoms with Crippen molar-refractivity contribution in [2.45, 2.75) is 44.0 Å². The molecule has 0 spiro atoms. The fourth-order valence-corrected chi connectivity index (χ4v) is 4.66. The minimum atomic E-state index is -4.77. The van der Waals surface area contributed by atoms with Crippen molar-refractivity contribution < 1.29 is 23.1 Å². The van der Waals surface area contributed by atoms with Gasteiger partial charge in [0.05, 0.1) is 34.3 Å². The van der Waals surface area contributed by atoms with Crippen LogP contribution in [-0.2, 0) is 0 Å². The average Bonchev–Trinajstić information content (AvgIpc) is 3.45. The van der Waals surface area contributed by atoms with Crippen LogP contribution in [0.3, 0.4) is 0 Å². The highest BCUT2D eigenvalue weighted by atomic mass is 32.1. The molecule has 1 aromatic carbocycles. The third-order valence-electron chi connectivity index (χ3n) is 5.39. The van der Waals surface area contributed by atoms with Gasteiger partial charge in [-0.15, -0.1) is 11.3 Å². The third-order valence-corrected chi connectivity index (χ3v) is 6.42. The molecule has 0 saturated carbocycles. The van der Waals surface area contributed by atoms with Crippen molar-refractivity contribution in [3.05, 3.63) is 58.3 Å². The number of aliphatic hydroxyl groups excluding tert-OH is 1. The third kappa shape index (κ3) is 4.33. The predicted octanol–water partition coefficient (Wildman–Crippen LogP) is 3.73. The van der Waals surface area contributed by atoms with Gasteiger partial charge in [0.25, 0.3) is 5.91 Å². The molecule has 1 fully saturated rings. The molecule has 2 aromatic heterocycles. The van der Waals surface area contributed by atoms with Gasteiger partial charge >= 0.3 is 6.18 Å². The quantitative estimate of drug-likeness (QED) is 0.654. The van der Waals surface area contributed by atoms with E-state index in [1.165, 1.54) is 22.6 Å². The van der Waals surface area contributed by atoms with E-state index in [2.05, 4.69) is 15.2 Å². The van der Waals surface area contributed by atoms with Crippen molar-refractivity contribution in [1.82, 2.24) is 24.9 Å². The number of piperidine rings is 1. The molecular weight excluding hydrogens is 431 g/mol. The number of para-hydroxylation sites is 1. The maximum Gasteiger partial charge on any atom is 0.420 e. The standard InChI is InChI=1S/C20H20F3N5O2S/c1-12-6-7-13(18-26-15(11-31-18)17(29)20(21,22)23)10-27(12)19(30)14-4-2-3-5-16(14)28-24-8-9-25-28/h2-5,8-9,11-13,17,29H,6-7,10H2,1H3/t12-,13-,17?/m1/s1. The molecule has 31 heavy (non-hydrogen) atoms.